The number of esters is 1. The van der Waals surface area contributed by atoms with Gasteiger partial charge in [0.05, 0.1) is 18.2 Å². The van der Waals surface area contributed by atoms with Crippen LogP contribution >= 0.6 is 8.03 Å². The lowest BCUT2D eigenvalue weighted by Crippen LogP contribution is -2.49. The van der Waals surface area contributed by atoms with Gasteiger partial charge in [-0.1, -0.05) is 32.4 Å². The van der Waals surface area contributed by atoms with Crippen LogP contribution < -0.4 is 0 Å². The zero-order chi connectivity index (χ0) is 27.9. The molecule has 2 aromatic rings. The molecule has 3 atom stereocenters. The van der Waals surface area contributed by atoms with Gasteiger partial charge in [-0.25, -0.2) is 4.39 Å². The van der Waals surface area contributed by atoms with E-state index in [4.69, 9.17) is 15.9 Å². The Balaban J connectivity index is 1.71. The molecule has 1 heterocycles. The van der Waals surface area contributed by atoms with E-state index >= 15 is 0 Å². The summed E-state index contributed by atoms with van der Waals surface area (Å²) in [7, 11) is -1.58. The first-order valence-electron chi connectivity index (χ1n) is 13.9. The molecule has 39 heavy (non-hydrogen) atoms. The summed E-state index contributed by atoms with van der Waals surface area (Å²) in [6.45, 7) is 4.04. The second-order valence-corrected chi connectivity index (χ2v) is 13.7. The molecule has 0 saturated heterocycles. The van der Waals surface area contributed by atoms with Crippen molar-refractivity contribution in [3.05, 3.63) is 53.1 Å². The third-order valence-corrected chi connectivity index (χ3v) is 10.7. The first-order valence-corrected chi connectivity index (χ1v) is 15.3. The van der Waals surface area contributed by atoms with Gasteiger partial charge in [-0.2, -0.15) is 0 Å². The van der Waals surface area contributed by atoms with Gasteiger partial charge in [0.1, 0.15) is 11.9 Å². The number of terminal acetylenes is 1. The predicted octanol–water partition coefficient (Wildman–Crippen LogP) is 6.53. The number of hydrogen-bond acceptors (Lipinski definition) is 6. The van der Waals surface area contributed by atoms with Crippen molar-refractivity contribution < 1.29 is 28.1 Å². The molecule has 6 nitrogen and oxygen atoms in total. The van der Waals surface area contributed by atoms with E-state index in [0.717, 1.165) is 53.8 Å². The number of hydrogen-bond donors (Lipinski definition) is 1. The van der Waals surface area contributed by atoms with Crippen LogP contribution in [0, 0.1) is 36.1 Å². The van der Waals surface area contributed by atoms with Crippen molar-refractivity contribution >= 4 is 14.0 Å². The number of benzene rings is 1. The lowest BCUT2D eigenvalue weighted by molar-refractivity contribution is -0.139. The van der Waals surface area contributed by atoms with E-state index in [1.807, 2.05) is 20.0 Å². The highest BCUT2D eigenvalue weighted by Crippen LogP contribution is 2.61. The van der Waals surface area contributed by atoms with Crippen molar-refractivity contribution in [3.63, 3.8) is 0 Å². The Morgan fingerprint density at radius 3 is 2.28 bits per heavy atom. The average molecular weight is 554 g/mol. The van der Waals surface area contributed by atoms with Crippen LogP contribution in [-0.2, 0) is 24.0 Å². The van der Waals surface area contributed by atoms with Crippen LogP contribution in [0.4, 0.5) is 4.39 Å². The minimum absolute atomic E-state index is 0.0110. The summed E-state index contributed by atoms with van der Waals surface area (Å²) in [5, 5.41) is 11.3. The quantitative estimate of drug-likeness (QED) is 0.216. The topological polar surface area (TPSA) is 85.7 Å². The number of rotatable bonds is 9. The highest BCUT2D eigenvalue weighted by Gasteiger charge is 2.52. The number of carbonyl (C=O) groups excluding carboxylic acids is 1. The summed E-state index contributed by atoms with van der Waals surface area (Å²) in [4.78, 5) is 17.5. The number of pyridine rings is 1. The van der Waals surface area contributed by atoms with Crippen LogP contribution in [0.5, 0.6) is 0 Å². The van der Waals surface area contributed by atoms with E-state index < -0.39 is 32.2 Å². The molecular formula is C31H37FNO5P. The Bertz CT molecular complexity index is 1270. The fraction of sp³-hybridized carbons (Fsp3) is 0.548. The molecule has 6 rings (SSSR count). The number of aliphatic hydroxyl groups excluding tert-OH is 1. The molecule has 1 aromatic carbocycles. The van der Waals surface area contributed by atoms with Crippen molar-refractivity contribution in [1.29, 1.82) is 0 Å². The predicted molar refractivity (Wildman–Crippen MR) is 148 cm³/mol. The van der Waals surface area contributed by atoms with Crippen LogP contribution in [0.3, 0.4) is 0 Å². The van der Waals surface area contributed by atoms with Gasteiger partial charge in [-0.15, -0.1) is 0 Å². The Hall–Kier alpha value is -2.52. The van der Waals surface area contributed by atoms with E-state index in [1.54, 1.807) is 12.1 Å². The SMILES string of the molecule is C#COC(=O)CC(O)C(c1c(-c2ccc(F)cc2)cc(C23CC4CC(CC(C4)C2)C3)nc1C(C)C)[PH](=O)OC. The second-order valence-electron chi connectivity index (χ2n) is 12.1. The molecule has 0 spiro atoms. The van der Waals surface area contributed by atoms with Crippen molar-refractivity contribution in [2.75, 3.05) is 7.11 Å². The molecule has 0 amide bonds. The molecule has 208 valence electrons. The zero-order valence-corrected chi connectivity index (χ0v) is 23.8. The van der Waals surface area contributed by atoms with Crippen molar-refractivity contribution in [3.8, 4) is 23.7 Å². The molecule has 1 N–H and O–H groups in total. The molecule has 0 aliphatic heterocycles. The maximum Gasteiger partial charge on any atom is 0.322 e. The van der Waals surface area contributed by atoms with Gasteiger partial charge in [0.15, 0.2) is 0 Å². The first kappa shape index (κ1) is 28.0. The minimum Gasteiger partial charge on any atom is -0.391 e. The van der Waals surface area contributed by atoms with E-state index in [2.05, 4.69) is 10.8 Å². The Labute approximate surface area is 230 Å². The number of aromatic nitrogens is 1. The fourth-order valence-electron chi connectivity index (χ4n) is 7.90. The average Bonchev–Trinajstić information content (AvgIpc) is 2.88. The molecule has 4 saturated carbocycles. The third-order valence-electron chi connectivity index (χ3n) is 9.07. The van der Waals surface area contributed by atoms with Gasteiger partial charge >= 0.3 is 5.97 Å². The van der Waals surface area contributed by atoms with Gasteiger partial charge in [-0.05, 0) is 97.1 Å². The summed E-state index contributed by atoms with van der Waals surface area (Å²) in [5.41, 5.74) is 2.73. The summed E-state index contributed by atoms with van der Waals surface area (Å²) in [6.07, 6.45) is 12.3. The van der Waals surface area contributed by atoms with Crippen molar-refractivity contribution in [2.45, 2.75) is 81.9 Å². The van der Waals surface area contributed by atoms with Gasteiger partial charge in [-0.3, -0.25) is 14.3 Å². The first-order chi connectivity index (χ1) is 18.6. The number of halogens is 1. The Kier molecular flexibility index (Phi) is 8.02. The zero-order valence-electron chi connectivity index (χ0n) is 22.8. The summed E-state index contributed by atoms with van der Waals surface area (Å²) in [6, 6.07) is 8.26. The number of carbonyl (C=O) groups is 1. The van der Waals surface area contributed by atoms with Gasteiger partial charge in [0.2, 0.25) is 8.03 Å². The maximum atomic E-state index is 14.0. The van der Waals surface area contributed by atoms with Crippen LogP contribution in [0.15, 0.2) is 30.3 Å². The molecule has 4 aliphatic rings. The van der Waals surface area contributed by atoms with Gasteiger partial charge in [0.25, 0.3) is 0 Å². The molecule has 4 fully saturated rings. The highest BCUT2D eigenvalue weighted by molar-refractivity contribution is 7.39. The molecule has 3 unspecified atom stereocenters. The monoisotopic (exact) mass is 553 g/mol. The standard InChI is InChI=1S/C31H37FNO5P/c1-5-38-27(35)14-25(34)30(39(36)37-4)28-24(22-6-8-23(32)9-7-22)13-26(33-29(28)18(2)3)31-15-19-10-20(16-31)12-21(11-19)17-31/h1,6-9,13,18-21,25,30,34,39H,10-12,14-17H2,2-4H3. The van der Waals surface area contributed by atoms with Crippen LogP contribution in [0.2, 0.25) is 0 Å². The van der Waals surface area contributed by atoms with Gasteiger partial charge in [0, 0.05) is 23.9 Å². The summed E-state index contributed by atoms with van der Waals surface area (Å²) in [5.74, 6) is 0.919. The summed E-state index contributed by atoms with van der Waals surface area (Å²) >= 11 is 0. The van der Waals surface area contributed by atoms with Crippen molar-refractivity contribution in [1.82, 2.24) is 4.98 Å². The van der Waals surface area contributed by atoms with Crippen LogP contribution in [-0.4, -0.2) is 29.3 Å². The number of aliphatic hydroxyl groups is 1. The van der Waals surface area contributed by atoms with Crippen LogP contribution in [0.25, 0.3) is 11.1 Å². The van der Waals surface area contributed by atoms with E-state index in [-0.39, 0.29) is 17.2 Å². The molecule has 4 bridgehead atoms. The second kappa shape index (κ2) is 11.2. The fourth-order valence-corrected chi connectivity index (χ4v) is 9.12. The van der Waals surface area contributed by atoms with E-state index in [1.165, 1.54) is 38.5 Å². The Morgan fingerprint density at radius 2 is 1.77 bits per heavy atom. The molecule has 8 heteroatoms. The lowest BCUT2D eigenvalue weighted by Gasteiger charge is -2.56. The molecule has 0 radical (unpaired) electrons. The normalized spacial score (nSPS) is 27.7. The summed E-state index contributed by atoms with van der Waals surface area (Å²) < 4.78 is 37.4. The molecule has 1 aromatic heterocycles. The maximum absolute atomic E-state index is 14.0. The number of ether oxygens (including phenoxy) is 1. The largest absolute Gasteiger partial charge is 0.391 e. The van der Waals surface area contributed by atoms with Gasteiger partial charge < -0.3 is 14.4 Å². The van der Waals surface area contributed by atoms with Crippen LogP contribution in [0.1, 0.15) is 87.3 Å². The third kappa shape index (κ3) is 5.44. The number of nitrogens with zero attached hydrogens (tertiary/aromatic N) is 1. The van der Waals surface area contributed by atoms with E-state index in [0.29, 0.717) is 11.3 Å². The molecular weight excluding hydrogens is 516 g/mol. The smallest absolute Gasteiger partial charge is 0.322 e. The lowest BCUT2D eigenvalue weighted by atomic mass is 9.48. The highest BCUT2D eigenvalue weighted by atomic mass is 31.1. The minimum atomic E-state index is -2.90. The van der Waals surface area contributed by atoms with Crippen molar-refractivity contribution in [2.24, 2.45) is 17.8 Å². The Morgan fingerprint density at radius 1 is 1.18 bits per heavy atom. The van der Waals surface area contributed by atoms with E-state index in [9.17, 15) is 18.9 Å². The molecule has 4 aliphatic carbocycles.